The molecule has 144 valence electrons. The maximum Gasteiger partial charge on any atom is 0.347 e. The van der Waals surface area contributed by atoms with Crippen molar-refractivity contribution < 1.29 is 23.9 Å². The van der Waals surface area contributed by atoms with Gasteiger partial charge in [-0.05, 0) is 38.5 Å². The van der Waals surface area contributed by atoms with Gasteiger partial charge in [0.25, 0.3) is 0 Å². The summed E-state index contributed by atoms with van der Waals surface area (Å²) in [5.41, 5.74) is 0.435. The van der Waals surface area contributed by atoms with E-state index in [9.17, 15) is 14.9 Å². The van der Waals surface area contributed by atoms with Gasteiger partial charge in [0.05, 0.1) is 21.6 Å². The third-order valence-corrected chi connectivity index (χ3v) is 4.28. The smallest absolute Gasteiger partial charge is 0.347 e. The minimum absolute atomic E-state index is 0.141. The second-order valence-corrected chi connectivity index (χ2v) is 6.29. The van der Waals surface area contributed by atoms with Gasteiger partial charge in [0.2, 0.25) is 5.75 Å². The number of aryl methyl sites for hydroxylation is 1. The number of esters is 1. The topological polar surface area (TPSA) is 87.9 Å². The molecular weight excluding hydrogens is 397 g/mol. The number of carbonyl (C=O) groups excluding carboxylic acids is 1. The van der Waals surface area contributed by atoms with E-state index in [0.29, 0.717) is 5.02 Å². The Morgan fingerprint density at radius 2 is 1.96 bits per heavy atom. The molecule has 0 aromatic heterocycles. The van der Waals surface area contributed by atoms with Crippen LogP contribution >= 0.6 is 23.2 Å². The molecule has 0 N–H and O–H groups in total. The number of benzene rings is 2. The maximum absolute atomic E-state index is 11.7. The zero-order chi connectivity index (χ0) is 20.1. The van der Waals surface area contributed by atoms with Crippen molar-refractivity contribution in [1.82, 2.24) is 0 Å². The molecule has 0 heterocycles. The Morgan fingerprint density at radius 1 is 1.26 bits per heavy atom. The fourth-order valence-electron chi connectivity index (χ4n) is 2.14. The second kappa shape index (κ2) is 8.92. The van der Waals surface area contributed by atoms with E-state index in [-0.39, 0.29) is 34.6 Å². The molecule has 0 aliphatic rings. The lowest BCUT2D eigenvalue weighted by Crippen LogP contribution is -2.26. The minimum atomic E-state index is -1.04. The van der Waals surface area contributed by atoms with Crippen LogP contribution in [0.5, 0.6) is 17.2 Å². The summed E-state index contributed by atoms with van der Waals surface area (Å²) in [5, 5.41) is 11.9. The Balaban J connectivity index is 2.36. The number of nitro benzene ring substituents is 1. The lowest BCUT2D eigenvalue weighted by Gasteiger charge is -2.15. The number of ether oxygens (including phenoxy) is 3. The van der Waals surface area contributed by atoms with Crippen LogP contribution in [0, 0.1) is 17.0 Å². The van der Waals surface area contributed by atoms with E-state index in [0.717, 1.165) is 5.56 Å². The number of carbonyl (C=O) groups is 1. The molecule has 0 fully saturated rings. The van der Waals surface area contributed by atoms with E-state index in [1.807, 2.05) is 0 Å². The molecule has 0 saturated carbocycles. The normalized spacial score (nSPS) is 11.6. The van der Waals surface area contributed by atoms with Crippen molar-refractivity contribution in [3.05, 3.63) is 56.1 Å². The predicted octanol–water partition coefficient (Wildman–Crippen LogP) is 5.33. The molecule has 27 heavy (non-hydrogen) atoms. The molecule has 0 amide bonds. The van der Waals surface area contributed by atoms with Crippen molar-refractivity contribution in [3.8, 4) is 17.2 Å². The molecule has 9 heteroatoms. The molecule has 0 saturated heterocycles. The Kier molecular flexibility index (Phi) is 6.87. The Hall–Kier alpha value is -2.51. The van der Waals surface area contributed by atoms with Crippen molar-refractivity contribution in [1.29, 1.82) is 0 Å². The van der Waals surface area contributed by atoms with Crippen LogP contribution in [-0.4, -0.2) is 23.6 Å². The van der Waals surface area contributed by atoms with E-state index >= 15 is 0 Å². The summed E-state index contributed by atoms with van der Waals surface area (Å²) < 4.78 is 16.0. The molecule has 0 spiro atoms. The number of hydrogen-bond donors (Lipinski definition) is 0. The van der Waals surface area contributed by atoms with Gasteiger partial charge in [-0.25, -0.2) is 4.79 Å². The number of hydrogen-bond acceptors (Lipinski definition) is 6. The Labute approximate surface area is 165 Å². The van der Waals surface area contributed by atoms with E-state index < -0.39 is 17.0 Å². The largest absolute Gasteiger partial charge is 0.472 e. The highest BCUT2D eigenvalue weighted by molar-refractivity contribution is 6.37. The van der Waals surface area contributed by atoms with Gasteiger partial charge >= 0.3 is 11.7 Å². The molecule has 0 aliphatic heterocycles. The van der Waals surface area contributed by atoms with Gasteiger partial charge in [0, 0.05) is 12.1 Å². The Bertz CT molecular complexity index is 871. The molecule has 2 aromatic carbocycles. The first-order valence-electron chi connectivity index (χ1n) is 7.98. The standard InChI is InChI=1S/C18H17Cl2NO6/c1-4-25-18(22)11(3)26-15-9-12(6-8-14(15)21(23)24)27-17-13(19)7-5-10(2)16(17)20/h5-9,11H,4H2,1-3H3. The summed E-state index contributed by atoms with van der Waals surface area (Å²) in [5.74, 6) is -0.349. The summed E-state index contributed by atoms with van der Waals surface area (Å²) >= 11 is 12.3. The fraction of sp³-hybridized carbons (Fsp3) is 0.278. The maximum atomic E-state index is 11.7. The highest BCUT2D eigenvalue weighted by atomic mass is 35.5. The fourth-order valence-corrected chi connectivity index (χ4v) is 2.59. The van der Waals surface area contributed by atoms with Crippen LogP contribution in [-0.2, 0) is 9.53 Å². The molecule has 1 unspecified atom stereocenters. The summed E-state index contributed by atoms with van der Waals surface area (Å²) in [7, 11) is 0. The first-order valence-corrected chi connectivity index (χ1v) is 8.74. The van der Waals surface area contributed by atoms with Gasteiger partial charge in [0.1, 0.15) is 5.75 Å². The SMILES string of the molecule is CCOC(=O)C(C)Oc1cc(Oc2c(Cl)ccc(C)c2Cl)ccc1[N+](=O)[O-]. The van der Waals surface area contributed by atoms with Crippen LogP contribution in [0.2, 0.25) is 10.0 Å². The van der Waals surface area contributed by atoms with Crippen LogP contribution in [0.15, 0.2) is 30.3 Å². The van der Waals surface area contributed by atoms with Crippen LogP contribution in [0.3, 0.4) is 0 Å². The van der Waals surface area contributed by atoms with Crippen molar-refractivity contribution in [2.24, 2.45) is 0 Å². The Morgan fingerprint density at radius 3 is 2.59 bits per heavy atom. The summed E-state index contributed by atoms with van der Waals surface area (Å²) in [6, 6.07) is 7.25. The highest BCUT2D eigenvalue weighted by Gasteiger charge is 2.23. The van der Waals surface area contributed by atoms with Crippen molar-refractivity contribution in [3.63, 3.8) is 0 Å². The number of nitrogens with zero attached hydrogens (tertiary/aromatic N) is 1. The van der Waals surface area contributed by atoms with Gasteiger partial charge in [-0.15, -0.1) is 0 Å². The van der Waals surface area contributed by atoms with Crippen molar-refractivity contribution >= 4 is 34.9 Å². The van der Waals surface area contributed by atoms with Gasteiger partial charge < -0.3 is 14.2 Å². The first kappa shape index (κ1) is 20.8. The van der Waals surface area contributed by atoms with Crippen molar-refractivity contribution in [2.75, 3.05) is 6.61 Å². The summed E-state index contributed by atoms with van der Waals surface area (Å²) in [4.78, 5) is 22.4. The number of halogens is 2. The summed E-state index contributed by atoms with van der Waals surface area (Å²) in [6.07, 6.45) is -1.04. The second-order valence-electron chi connectivity index (χ2n) is 5.51. The van der Waals surface area contributed by atoms with Gasteiger partial charge in [-0.3, -0.25) is 10.1 Å². The van der Waals surface area contributed by atoms with Gasteiger partial charge in [-0.1, -0.05) is 29.3 Å². The molecule has 1 atom stereocenters. The quantitative estimate of drug-likeness (QED) is 0.346. The molecule has 2 aromatic rings. The highest BCUT2D eigenvalue weighted by Crippen LogP contribution is 2.40. The molecule has 2 rings (SSSR count). The molecule has 0 aliphatic carbocycles. The molecular formula is C18H17Cl2NO6. The minimum Gasteiger partial charge on any atom is -0.472 e. The third kappa shape index (κ3) is 5.02. The molecule has 7 nitrogen and oxygen atoms in total. The predicted molar refractivity (Wildman–Crippen MR) is 101 cm³/mol. The van der Waals surface area contributed by atoms with Crippen LogP contribution in [0.4, 0.5) is 5.69 Å². The monoisotopic (exact) mass is 413 g/mol. The first-order chi connectivity index (χ1) is 12.7. The third-order valence-electron chi connectivity index (χ3n) is 3.51. The van der Waals surface area contributed by atoms with Crippen LogP contribution < -0.4 is 9.47 Å². The molecule has 0 bridgehead atoms. The zero-order valence-electron chi connectivity index (χ0n) is 14.8. The van der Waals surface area contributed by atoms with E-state index in [1.165, 1.54) is 25.1 Å². The average molecular weight is 414 g/mol. The van der Waals surface area contributed by atoms with Gasteiger partial charge in [-0.2, -0.15) is 0 Å². The van der Waals surface area contributed by atoms with E-state index in [2.05, 4.69) is 0 Å². The van der Waals surface area contributed by atoms with Crippen molar-refractivity contribution in [2.45, 2.75) is 26.9 Å². The lowest BCUT2D eigenvalue weighted by molar-refractivity contribution is -0.386. The number of rotatable bonds is 7. The lowest BCUT2D eigenvalue weighted by atomic mass is 10.2. The van der Waals surface area contributed by atoms with Crippen LogP contribution in [0.25, 0.3) is 0 Å². The zero-order valence-corrected chi connectivity index (χ0v) is 16.3. The number of nitro groups is 1. The van der Waals surface area contributed by atoms with Gasteiger partial charge in [0.15, 0.2) is 11.9 Å². The van der Waals surface area contributed by atoms with E-state index in [1.54, 1.807) is 26.0 Å². The molecule has 0 radical (unpaired) electrons. The average Bonchev–Trinajstić information content (AvgIpc) is 2.62. The van der Waals surface area contributed by atoms with E-state index in [4.69, 9.17) is 37.4 Å². The van der Waals surface area contributed by atoms with Crippen LogP contribution in [0.1, 0.15) is 19.4 Å². The summed E-state index contributed by atoms with van der Waals surface area (Å²) in [6.45, 7) is 5.04.